The predicted molar refractivity (Wildman–Crippen MR) is 103 cm³/mol. The maximum atomic E-state index is 11.9. The van der Waals surface area contributed by atoms with Gasteiger partial charge in [-0.15, -0.1) is 0 Å². The molecule has 1 aromatic carbocycles. The van der Waals surface area contributed by atoms with Crippen LogP contribution in [-0.4, -0.2) is 12.6 Å². The molecule has 0 aromatic heterocycles. The summed E-state index contributed by atoms with van der Waals surface area (Å²) < 4.78 is 5.14. The number of benzene rings is 1. The molecule has 0 atom stereocenters. The summed E-state index contributed by atoms with van der Waals surface area (Å²) in [6, 6.07) is 7.86. The Kier molecular flexibility index (Phi) is 12.2. The summed E-state index contributed by atoms with van der Waals surface area (Å²) in [5.74, 6) is -0.184. The van der Waals surface area contributed by atoms with Gasteiger partial charge >= 0.3 is 5.97 Å². The summed E-state index contributed by atoms with van der Waals surface area (Å²) >= 11 is 0. The fourth-order valence-corrected chi connectivity index (χ4v) is 3.13. The van der Waals surface area contributed by atoms with E-state index in [0.29, 0.717) is 6.61 Å². The molecule has 0 amide bonds. The Morgan fingerprint density at radius 1 is 0.792 bits per heavy atom. The van der Waals surface area contributed by atoms with Gasteiger partial charge in [-0.2, -0.15) is 0 Å². The Morgan fingerprint density at radius 2 is 1.33 bits per heavy atom. The van der Waals surface area contributed by atoms with Crippen LogP contribution in [0.2, 0.25) is 0 Å². The van der Waals surface area contributed by atoms with Gasteiger partial charge in [0.25, 0.3) is 0 Å². The second-order valence-corrected chi connectivity index (χ2v) is 6.66. The first kappa shape index (κ1) is 20.7. The van der Waals surface area contributed by atoms with Gasteiger partial charge in [-0.05, 0) is 31.4 Å². The van der Waals surface area contributed by atoms with Gasteiger partial charge in [-0.1, -0.05) is 89.3 Å². The average Bonchev–Trinajstić information content (AvgIpc) is 2.60. The molecular formula is C22H36O2. The lowest BCUT2D eigenvalue weighted by molar-refractivity contribution is 0.0525. The topological polar surface area (TPSA) is 26.3 Å². The van der Waals surface area contributed by atoms with Crippen LogP contribution in [0.5, 0.6) is 0 Å². The van der Waals surface area contributed by atoms with Crippen LogP contribution >= 0.6 is 0 Å². The Balaban J connectivity index is 2.10. The van der Waals surface area contributed by atoms with Gasteiger partial charge < -0.3 is 4.74 Å². The Hall–Kier alpha value is -1.31. The quantitative estimate of drug-likeness (QED) is 0.279. The number of unbranched alkanes of at least 4 members (excludes halogenated alkanes) is 10. The third-order valence-corrected chi connectivity index (χ3v) is 4.56. The summed E-state index contributed by atoms with van der Waals surface area (Å²) in [7, 11) is 0. The predicted octanol–water partition coefficient (Wildman–Crippen LogP) is 6.72. The minimum absolute atomic E-state index is 0.184. The first-order valence-electron chi connectivity index (χ1n) is 10.0. The highest BCUT2D eigenvalue weighted by Gasteiger charge is 2.10. The molecule has 0 saturated heterocycles. The smallest absolute Gasteiger partial charge is 0.338 e. The molecular weight excluding hydrogens is 296 g/mol. The molecule has 0 radical (unpaired) electrons. The van der Waals surface area contributed by atoms with Gasteiger partial charge in [-0.3, -0.25) is 0 Å². The summed E-state index contributed by atoms with van der Waals surface area (Å²) in [5, 5.41) is 0. The van der Waals surface area contributed by atoms with Crippen LogP contribution in [0, 0.1) is 0 Å². The van der Waals surface area contributed by atoms with Crippen molar-refractivity contribution in [3.05, 3.63) is 35.4 Å². The summed E-state index contributed by atoms with van der Waals surface area (Å²) in [6.45, 7) is 4.56. The van der Waals surface area contributed by atoms with Crippen LogP contribution in [-0.2, 0) is 11.2 Å². The van der Waals surface area contributed by atoms with Crippen LogP contribution in [0.1, 0.15) is 100 Å². The molecule has 0 spiro atoms. The van der Waals surface area contributed by atoms with E-state index in [1.165, 1.54) is 64.2 Å². The van der Waals surface area contributed by atoms with Crippen molar-refractivity contribution in [1.82, 2.24) is 0 Å². The van der Waals surface area contributed by atoms with E-state index >= 15 is 0 Å². The van der Waals surface area contributed by atoms with E-state index in [2.05, 4.69) is 13.0 Å². The Bertz CT molecular complexity index is 439. The van der Waals surface area contributed by atoms with Crippen LogP contribution in [0.3, 0.4) is 0 Å². The van der Waals surface area contributed by atoms with Gasteiger partial charge in [0, 0.05) is 0 Å². The van der Waals surface area contributed by atoms with Gasteiger partial charge in [0.1, 0.15) is 0 Å². The number of aryl methyl sites for hydroxylation is 1. The number of carbonyl (C=O) groups is 1. The van der Waals surface area contributed by atoms with Crippen molar-refractivity contribution in [2.24, 2.45) is 0 Å². The number of hydrogen-bond donors (Lipinski definition) is 0. The molecule has 0 aliphatic heterocycles. The van der Waals surface area contributed by atoms with Crippen LogP contribution in [0.25, 0.3) is 0 Å². The molecule has 0 aliphatic rings. The normalized spacial score (nSPS) is 10.8. The molecule has 0 aliphatic carbocycles. The minimum Gasteiger partial charge on any atom is -0.462 e. The lowest BCUT2D eigenvalue weighted by Crippen LogP contribution is -2.08. The highest BCUT2D eigenvalue weighted by atomic mass is 16.5. The highest BCUT2D eigenvalue weighted by Crippen LogP contribution is 2.16. The third-order valence-electron chi connectivity index (χ3n) is 4.56. The van der Waals surface area contributed by atoms with Gasteiger partial charge in [0.05, 0.1) is 12.2 Å². The fourth-order valence-electron chi connectivity index (χ4n) is 3.13. The van der Waals surface area contributed by atoms with E-state index in [-0.39, 0.29) is 5.97 Å². The zero-order valence-corrected chi connectivity index (χ0v) is 15.8. The van der Waals surface area contributed by atoms with E-state index in [0.717, 1.165) is 24.0 Å². The van der Waals surface area contributed by atoms with Crippen molar-refractivity contribution in [2.75, 3.05) is 6.61 Å². The number of hydrogen-bond acceptors (Lipinski definition) is 2. The average molecular weight is 333 g/mol. The van der Waals surface area contributed by atoms with E-state index in [1.54, 1.807) is 0 Å². The van der Waals surface area contributed by atoms with E-state index in [1.807, 2.05) is 25.1 Å². The van der Waals surface area contributed by atoms with Crippen molar-refractivity contribution in [3.8, 4) is 0 Å². The fraction of sp³-hybridized carbons (Fsp3) is 0.682. The largest absolute Gasteiger partial charge is 0.462 e. The van der Waals surface area contributed by atoms with Gasteiger partial charge in [-0.25, -0.2) is 4.79 Å². The molecule has 0 heterocycles. The molecule has 0 unspecified atom stereocenters. The molecule has 2 nitrogen and oxygen atoms in total. The number of carbonyl (C=O) groups excluding carboxylic acids is 1. The van der Waals surface area contributed by atoms with Crippen molar-refractivity contribution in [1.29, 1.82) is 0 Å². The van der Waals surface area contributed by atoms with Crippen molar-refractivity contribution in [2.45, 2.75) is 90.9 Å². The first-order chi connectivity index (χ1) is 11.8. The van der Waals surface area contributed by atoms with E-state index in [9.17, 15) is 4.79 Å². The Morgan fingerprint density at radius 3 is 1.92 bits per heavy atom. The molecule has 2 heteroatoms. The molecule has 0 saturated carbocycles. The molecule has 0 fully saturated rings. The molecule has 0 bridgehead atoms. The lowest BCUT2D eigenvalue weighted by Gasteiger charge is -2.08. The van der Waals surface area contributed by atoms with E-state index < -0.39 is 0 Å². The molecule has 136 valence electrons. The monoisotopic (exact) mass is 332 g/mol. The van der Waals surface area contributed by atoms with Crippen molar-refractivity contribution < 1.29 is 9.53 Å². The summed E-state index contributed by atoms with van der Waals surface area (Å²) in [4.78, 5) is 11.9. The number of esters is 1. The molecule has 24 heavy (non-hydrogen) atoms. The van der Waals surface area contributed by atoms with E-state index in [4.69, 9.17) is 4.74 Å². The summed E-state index contributed by atoms with van der Waals surface area (Å²) in [5.41, 5.74) is 1.87. The van der Waals surface area contributed by atoms with Crippen LogP contribution in [0.4, 0.5) is 0 Å². The number of rotatable bonds is 14. The second-order valence-electron chi connectivity index (χ2n) is 6.66. The number of ether oxygens (including phenoxy) is 1. The summed E-state index contributed by atoms with van der Waals surface area (Å²) in [6.07, 6.45) is 15.8. The lowest BCUT2D eigenvalue weighted by atomic mass is 10.00. The van der Waals surface area contributed by atoms with Gasteiger partial charge in [0.2, 0.25) is 0 Å². The zero-order chi connectivity index (χ0) is 17.5. The van der Waals surface area contributed by atoms with Crippen molar-refractivity contribution >= 4 is 5.97 Å². The van der Waals surface area contributed by atoms with Gasteiger partial charge in [0.15, 0.2) is 0 Å². The molecule has 1 aromatic rings. The molecule has 1 rings (SSSR count). The zero-order valence-electron chi connectivity index (χ0n) is 15.8. The Labute approximate surface area is 149 Å². The van der Waals surface area contributed by atoms with Crippen LogP contribution < -0.4 is 0 Å². The first-order valence-corrected chi connectivity index (χ1v) is 10.0. The molecule has 0 N–H and O–H groups in total. The second kappa shape index (κ2) is 14.1. The standard InChI is InChI=1S/C22H36O2/c1-3-5-6-7-8-9-10-11-12-13-14-17-20-18-15-16-19-21(20)22(23)24-4-2/h15-16,18-19H,3-14,17H2,1-2H3. The SMILES string of the molecule is CCCCCCCCCCCCCc1ccccc1C(=O)OCC. The van der Waals surface area contributed by atoms with Crippen molar-refractivity contribution in [3.63, 3.8) is 0 Å². The minimum atomic E-state index is -0.184. The maximum absolute atomic E-state index is 11.9. The highest BCUT2D eigenvalue weighted by molar-refractivity contribution is 5.91. The maximum Gasteiger partial charge on any atom is 0.338 e. The third kappa shape index (κ3) is 9.10. The van der Waals surface area contributed by atoms with Crippen LogP contribution in [0.15, 0.2) is 24.3 Å².